The van der Waals surface area contributed by atoms with Crippen LogP contribution in [0.2, 0.25) is 0 Å². The maximum absolute atomic E-state index is 12.3. The first kappa shape index (κ1) is 15.6. The molecule has 2 aromatic rings. The van der Waals surface area contributed by atoms with Crippen molar-refractivity contribution in [1.29, 1.82) is 0 Å². The zero-order valence-corrected chi connectivity index (χ0v) is 14.0. The number of nitrogens with zero attached hydrogens (tertiary/aromatic N) is 1. The number of hydrogen-bond acceptors (Lipinski definition) is 2. The highest BCUT2D eigenvalue weighted by Crippen LogP contribution is 2.30. The van der Waals surface area contributed by atoms with Gasteiger partial charge >= 0.3 is 0 Å². The Bertz CT molecular complexity index is 682. The number of carbonyl (C=O) groups is 1. The van der Waals surface area contributed by atoms with Crippen LogP contribution in [0.25, 0.3) is 0 Å². The van der Waals surface area contributed by atoms with Crippen LogP contribution >= 0.6 is 0 Å². The van der Waals surface area contributed by atoms with Crippen LogP contribution in [0, 0.1) is 0 Å². The van der Waals surface area contributed by atoms with Crippen molar-refractivity contribution < 1.29 is 4.79 Å². The predicted molar refractivity (Wildman–Crippen MR) is 94.9 cm³/mol. The molecule has 3 rings (SSSR count). The van der Waals surface area contributed by atoms with Gasteiger partial charge in [-0.05, 0) is 29.2 Å². The Kier molecular flexibility index (Phi) is 4.12. The van der Waals surface area contributed by atoms with E-state index in [0.29, 0.717) is 6.04 Å². The van der Waals surface area contributed by atoms with Crippen molar-refractivity contribution in [3.05, 3.63) is 65.7 Å². The summed E-state index contributed by atoms with van der Waals surface area (Å²) in [5.74, 6) is 0.118. The first-order valence-corrected chi connectivity index (χ1v) is 8.15. The molecule has 0 atom stereocenters. The van der Waals surface area contributed by atoms with Crippen LogP contribution in [-0.4, -0.2) is 29.9 Å². The van der Waals surface area contributed by atoms with Crippen LogP contribution in [-0.2, 0) is 5.41 Å². The monoisotopic (exact) mass is 308 g/mol. The first-order valence-electron chi connectivity index (χ1n) is 8.15. The Balaban J connectivity index is 1.62. The van der Waals surface area contributed by atoms with Crippen molar-refractivity contribution in [2.75, 3.05) is 18.4 Å². The minimum atomic E-state index is 0.104. The van der Waals surface area contributed by atoms with E-state index >= 15 is 0 Å². The fourth-order valence-corrected chi connectivity index (χ4v) is 2.98. The summed E-state index contributed by atoms with van der Waals surface area (Å²) in [6.45, 7) is 8.18. The van der Waals surface area contributed by atoms with E-state index in [9.17, 15) is 4.79 Å². The molecule has 0 aliphatic carbocycles. The molecule has 1 fully saturated rings. The second-order valence-corrected chi connectivity index (χ2v) is 7.21. The molecule has 1 aliphatic heterocycles. The summed E-state index contributed by atoms with van der Waals surface area (Å²) < 4.78 is 0. The number of carbonyl (C=O) groups excluding carboxylic acids is 1. The Hall–Kier alpha value is -2.29. The minimum absolute atomic E-state index is 0.104. The summed E-state index contributed by atoms with van der Waals surface area (Å²) in [4.78, 5) is 14.2. The normalized spacial score (nSPS) is 15.2. The van der Waals surface area contributed by atoms with Gasteiger partial charge in [0.05, 0.1) is 6.04 Å². The standard InChI is InChI=1S/C20H24N2O/c1-20(2,3)17-11-7-8-12-18(17)21-16-13-22(14-16)19(23)15-9-5-4-6-10-15/h4-12,16,21H,13-14H2,1-3H3. The van der Waals surface area contributed by atoms with E-state index in [0.717, 1.165) is 18.7 Å². The van der Waals surface area contributed by atoms with Gasteiger partial charge in [-0.3, -0.25) is 4.79 Å². The lowest BCUT2D eigenvalue weighted by atomic mass is 9.85. The molecule has 1 saturated heterocycles. The fraction of sp³-hybridized carbons (Fsp3) is 0.350. The lowest BCUT2D eigenvalue weighted by Gasteiger charge is -2.41. The van der Waals surface area contributed by atoms with Crippen molar-refractivity contribution in [2.45, 2.75) is 32.2 Å². The van der Waals surface area contributed by atoms with Crippen LogP contribution in [0.5, 0.6) is 0 Å². The van der Waals surface area contributed by atoms with Crippen LogP contribution < -0.4 is 5.32 Å². The van der Waals surface area contributed by atoms with E-state index in [-0.39, 0.29) is 11.3 Å². The first-order chi connectivity index (χ1) is 10.9. The van der Waals surface area contributed by atoms with E-state index in [1.165, 1.54) is 11.3 Å². The SMILES string of the molecule is CC(C)(C)c1ccccc1NC1CN(C(=O)c2ccccc2)C1. The number of likely N-dealkylation sites (tertiary alicyclic amines) is 1. The van der Waals surface area contributed by atoms with Gasteiger partial charge in [0.1, 0.15) is 0 Å². The van der Waals surface area contributed by atoms with Crippen LogP contribution in [0.15, 0.2) is 54.6 Å². The molecular formula is C20H24N2O. The Morgan fingerprint density at radius 3 is 2.26 bits per heavy atom. The van der Waals surface area contributed by atoms with Gasteiger partial charge in [-0.25, -0.2) is 0 Å². The van der Waals surface area contributed by atoms with Gasteiger partial charge < -0.3 is 10.2 Å². The molecule has 0 unspecified atom stereocenters. The highest BCUT2D eigenvalue weighted by atomic mass is 16.2. The number of hydrogen-bond donors (Lipinski definition) is 1. The van der Waals surface area contributed by atoms with Gasteiger partial charge in [0.2, 0.25) is 0 Å². The lowest BCUT2D eigenvalue weighted by molar-refractivity contribution is 0.0625. The molecule has 23 heavy (non-hydrogen) atoms. The topological polar surface area (TPSA) is 32.3 Å². The molecule has 2 aromatic carbocycles. The second kappa shape index (κ2) is 6.07. The fourth-order valence-electron chi connectivity index (χ4n) is 2.98. The van der Waals surface area contributed by atoms with Crippen molar-refractivity contribution >= 4 is 11.6 Å². The summed E-state index contributed by atoms with van der Waals surface area (Å²) in [5, 5.41) is 3.60. The molecule has 0 radical (unpaired) electrons. The van der Waals surface area contributed by atoms with E-state index in [2.05, 4.69) is 50.4 Å². The molecule has 1 amide bonds. The third-order valence-corrected chi connectivity index (χ3v) is 4.28. The molecular weight excluding hydrogens is 284 g/mol. The molecule has 1 N–H and O–H groups in total. The van der Waals surface area contributed by atoms with Crippen LogP contribution in [0.4, 0.5) is 5.69 Å². The minimum Gasteiger partial charge on any atom is -0.378 e. The van der Waals surface area contributed by atoms with Gasteiger partial charge in [-0.1, -0.05) is 57.2 Å². The van der Waals surface area contributed by atoms with Crippen molar-refractivity contribution in [2.24, 2.45) is 0 Å². The molecule has 3 heteroatoms. The summed E-state index contributed by atoms with van der Waals surface area (Å²) in [6.07, 6.45) is 0. The third-order valence-electron chi connectivity index (χ3n) is 4.28. The highest BCUT2D eigenvalue weighted by Gasteiger charge is 2.31. The predicted octanol–water partition coefficient (Wildman–Crippen LogP) is 3.92. The van der Waals surface area contributed by atoms with Gasteiger partial charge in [0.15, 0.2) is 0 Å². The number of amides is 1. The van der Waals surface area contributed by atoms with E-state index in [4.69, 9.17) is 0 Å². The largest absolute Gasteiger partial charge is 0.378 e. The molecule has 120 valence electrons. The van der Waals surface area contributed by atoms with Gasteiger partial charge in [0, 0.05) is 24.3 Å². The summed E-state index contributed by atoms with van der Waals surface area (Å²) in [7, 11) is 0. The van der Waals surface area contributed by atoms with Crippen molar-refractivity contribution in [3.8, 4) is 0 Å². The molecule has 0 aromatic heterocycles. The zero-order chi connectivity index (χ0) is 16.4. The van der Waals surface area contributed by atoms with Gasteiger partial charge in [-0.2, -0.15) is 0 Å². The van der Waals surface area contributed by atoms with Gasteiger partial charge in [-0.15, -0.1) is 0 Å². The zero-order valence-electron chi connectivity index (χ0n) is 14.0. The number of benzene rings is 2. The smallest absolute Gasteiger partial charge is 0.253 e. The summed E-state index contributed by atoms with van der Waals surface area (Å²) in [6, 6.07) is 18.3. The van der Waals surface area contributed by atoms with E-state index in [1.807, 2.05) is 35.2 Å². The Morgan fingerprint density at radius 1 is 1.00 bits per heavy atom. The average molecular weight is 308 g/mol. The number of rotatable bonds is 3. The molecule has 0 spiro atoms. The lowest BCUT2D eigenvalue weighted by Crippen LogP contribution is -2.57. The van der Waals surface area contributed by atoms with Gasteiger partial charge in [0.25, 0.3) is 5.91 Å². The average Bonchev–Trinajstić information content (AvgIpc) is 2.50. The number of para-hydroxylation sites is 1. The third kappa shape index (κ3) is 3.39. The maximum Gasteiger partial charge on any atom is 0.253 e. The quantitative estimate of drug-likeness (QED) is 0.932. The van der Waals surface area contributed by atoms with Crippen LogP contribution in [0.3, 0.4) is 0 Å². The van der Waals surface area contributed by atoms with Crippen molar-refractivity contribution in [3.63, 3.8) is 0 Å². The summed E-state index contributed by atoms with van der Waals surface area (Å²) in [5.41, 5.74) is 3.36. The van der Waals surface area contributed by atoms with E-state index < -0.39 is 0 Å². The molecule has 1 aliphatic rings. The van der Waals surface area contributed by atoms with Crippen LogP contribution in [0.1, 0.15) is 36.7 Å². The van der Waals surface area contributed by atoms with Crippen molar-refractivity contribution in [1.82, 2.24) is 4.90 Å². The number of anilines is 1. The molecule has 3 nitrogen and oxygen atoms in total. The Labute approximate surface area is 138 Å². The highest BCUT2D eigenvalue weighted by molar-refractivity contribution is 5.94. The molecule has 0 saturated carbocycles. The Morgan fingerprint density at radius 2 is 1.61 bits per heavy atom. The molecule has 1 heterocycles. The second-order valence-electron chi connectivity index (χ2n) is 7.21. The summed E-state index contributed by atoms with van der Waals surface area (Å²) >= 11 is 0. The number of nitrogens with one attached hydrogen (secondary N) is 1. The maximum atomic E-state index is 12.3. The molecule has 0 bridgehead atoms. The van der Waals surface area contributed by atoms with E-state index in [1.54, 1.807) is 0 Å².